The van der Waals surface area contributed by atoms with Crippen LogP contribution in [0.2, 0.25) is 0 Å². The number of ether oxygens (including phenoxy) is 1. The number of benzene rings is 1. The summed E-state index contributed by atoms with van der Waals surface area (Å²) in [6.45, 7) is 6.50. The third-order valence-corrected chi connectivity index (χ3v) is 5.75. The van der Waals surface area contributed by atoms with E-state index in [0.29, 0.717) is 24.7 Å². The van der Waals surface area contributed by atoms with Crippen LogP contribution < -0.4 is 4.74 Å². The van der Waals surface area contributed by atoms with Gasteiger partial charge in [0.2, 0.25) is 11.7 Å². The summed E-state index contributed by atoms with van der Waals surface area (Å²) < 4.78 is 10.7. The van der Waals surface area contributed by atoms with E-state index in [4.69, 9.17) is 9.26 Å². The van der Waals surface area contributed by atoms with Gasteiger partial charge in [-0.25, -0.2) is 0 Å². The van der Waals surface area contributed by atoms with Gasteiger partial charge >= 0.3 is 0 Å². The lowest BCUT2D eigenvalue weighted by atomic mass is 10.0. The van der Waals surface area contributed by atoms with Crippen molar-refractivity contribution < 1.29 is 19.2 Å². The minimum atomic E-state index is -0.0761. The zero-order valence-corrected chi connectivity index (χ0v) is 17.2. The maximum Gasteiger partial charge on any atom is 0.258 e. The summed E-state index contributed by atoms with van der Waals surface area (Å²) in [5.41, 5.74) is 3.60. The molecule has 0 unspecified atom stereocenters. The molecule has 1 aliphatic carbocycles. The molecule has 156 valence electrons. The number of hydrogen-bond acceptors (Lipinski definition) is 6. The maximum atomic E-state index is 12.3. The van der Waals surface area contributed by atoms with Crippen LogP contribution in [0.25, 0.3) is 17.0 Å². The fraction of sp³-hybridized carbons (Fsp3) is 0.348. The van der Waals surface area contributed by atoms with Crippen molar-refractivity contribution in [3.05, 3.63) is 60.0 Å². The Morgan fingerprint density at radius 2 is 2.13 bits per heavy atom. The van der Waals surface area contributed by atoms with E-state index in [-0.39, 0.29) is 24.5 Å². The molecule has 2 aliphatic rings. The SMILES string of the molecule is C=C1/C(=C(\C=C/C)c2noc(-c3ccc(OC)cc3)n2)C[C@H]2CC(=O)N(CCO)[C@@H]12. The Kier molecular flexibility index (Phi) is 5.55. The second kappa shape index (κ2) is 8.28. The van der Waals surface area contributed by atoms with Crippen molar-refractivity contribution in [2.45, 2.75) is 25.8 Å². The van der Waals surface area contributed by atoms with Crippen LogP contribution in [0.5, 0.6) is 5.75 Å². The zero-order chi connectivity index (χ0) is 21.3. The Bertz CT molecular complexity index is 1020. The number of rotatable bonds is 6. The van der Waals surface area contributed by atoms with Gasteiger partial charge in [-0.1, -0.05) is 23.9 Å². The second-order valence-electron chi connectivity index (χ2n) is 7.49. The number of carbonyl (C=O) groups excluding carboxylic acids is 1. The maximum absolute atomic E-state index is 12.3. The Labute approximate surface area is 175 Å². The number of likely N-dealkylation sites (tertiary alicyclic amines) is 1. The largest absolute Gasteiger partial charge is 0.497 e. The van der Waals surface area contributed by atoms with E-state index in [1.807, 2.05) is 43.3 Å². The van der Waals surface area contributed by atoms with Crippen molar-refractivity contribution in [2.24, 2.45) is 5.92 Å². The summed E-state index contributed by atoms with van der Waals surface area (Å²) in [5.74, 6) is 1.92. The van der Waals surface area contributed by atoms with Gasteiger partial charge in [0.05, 0.1) is 19.8 Å². The first kappa shape index (κ1) is 20.1. The first-order valence-corrected chi connectivity index (χ1v) is 10.0. The van der Waals surface area contributed by atoms with Crippen LogP contribution >= 0.6 is 0 Å². The van der Waals surface area contributed by atoms with E-state index >= 15 is 0 Å². The number of amides is 1. The van der Waals surface area contributed by atoms with Crippen molar-refractivity contribution in [3.63, 3.8) is 0 Å². The van der Waals surface area contributed by atoms with E-state index in [2.05, 4.69) is 16.7 Å². The van der Waals surface area contributed by atoms with Crippen LogP contribution in [0, 0.1) is 5.92 Å². The van der Waals surface area contributed by atoms with Crippen LogP contribution in [0.4, 0.5) is 0 Å². The fourth-order valence-corrected chi connectivity index (χ4v) is 4.41. The van der Waals surface area contributed by atoms with Gasteiger partial charge in [-0.15, -0.1) is 0 Å². The van der Waals surface area contributed by atoms with E-state index in [9.17, 15) is 9.90 Å². The Morgan fingerprint density at radius 3 is 2.80 bits per heavy atom. The minimum Gasteiger partial charge on any atom is -0.497 e. The highest BCUT2D eigenvalue weighted by molar-refractivity contribution is 5.84. The molecule has 2 fully saturated rings. The average Bonchev–Trinajstić information content (AvgIpc) is 3.43. The van der Waals surface area contributed by atoms with Gasteiger partial charge in [-0.3, -0.25) is 4.79 Å². The smallest absolute Gasteiger partial charge is 0.258 e. The monoisotopic (exact) mass is 407 g/mol. The minimum absolute atomic E-state index is 0.0565. The summed E-state index contributed by atoms with van der Waals surface area (Å²) in [4.78, 5) is 18.6. The lowest BCUT2D eigenvalue weighted by molar-refractivity contribution is -0.129. The average molecular weight is 407 g/mol. The summed E-state index contributed by atoms with van der Waals surface area (Å²) in [6, 6.07) is 7.35. The topological polar surface area (TPSA) is 88.7 Å². The number of aromatic nitrogens is 2. The lowest BCUT2D eigenvalue weighted by Crippen LogP contribution is -2.36. The van der Waals surface area contributed by atoms with Crippen molar-refractivity contribution >= 4 is 11.5 Å². The number of allylic oxidation sites excluding steroid dienone is 3. The van der Waals surface area contributed by atoms with Crippen molar-refractivity contribution in [1.82, 2.24) is 15.0 Å². The Hall–Kier alpha value is -3.19. The molecular formula is C23H25N3O4. The summed E-state index contributed by atoms with van der Waals surface area (Å²) in [5, 5.41) is 13.6. The Balaban J connectivity index is 1.68. The molecule has 1 amide bonds. The first-order chi connectivity index (χ1) is 14.6. The van der Waals surface area contributed by atoms with Gasteiger partial charge in [-0.2, -0.15) is 4.98 Å². The van der Waals surface area contributed by atoms with Gasteiger partial charge < -0.3 is 19.3 Å². The molecule has 2 heterocycles. The molecular weight excluding hydrogens is 382 g/mol. The number of methoxy groups -OCH3 is 1. The van der Waals surface area contributed by atoms with Crippen molar-refractivity contribution in [1.29, 1.82) is 0 Å². The van der Waals surface area contributed by atoms with E-state index in [0.717, 1.165) is 34.5 Å². The molecule has 7 nitrogen and oxygen atoms in total. The first-order valence-electron chi connectivity index (χ1n) is 10.0. The van der Waals surface area contributed by atoms with Crippen LogP contribution in [0.15, 0.2) is 58.7 Å². The molecule has 1 aromatic carbocycles. The van der Waals surface area contributed by atoms with Crippen molar-refractivity contribution in [3.8, 4) is 17.2 Å². The summed E-state index contributed by atoms with van der Waals surface area (Å²) >= 11 is 0. The number of hydrogen-bond donors (Lipinski definition) is 1. The molecule has 4 rings (SSSR count). The highest BCUT2D eigenvalue weighted by Crippen LogP contribution is 2.47. The van der Waals surface area contributed by atoms with Gasteiger partial charge in [0.1, 0.15) is 5.75 Å². The molecule has 2 aromatic rings. The number of fused-ring (bicyclic) bond motifs is 1. The van der Waals surface area contributed by atoms with Crippen LogP contribution in [0.1, 0.15) is 25.6 Å². The predicted octanol–water partition coefficient (Wildman–Crippen LogP) is 3.24. The standard InChI is InChI=1S/C23H25N3O4/c1-4-5-18(19-12-16-13-20(28)26(10-11-27)21(16)14(19)2)22-24-23(30-25-22)15-6-8-17(29-3)9-7-15/h4-9,16,21,27H,2,10-13H2,1,3H3/b5-4-,19-18+/t16-,21-/m0/s1. The summed E-state index contributed by atoms with van der Waals surface area (Å²) in [7, 11) is 1.62. The molecule has 1 saturated heterocycles. The van der Waals surface area contributed by atoms with Crippen LogP contribution in [0.3, 0.4) is 0 Å². The van der Waals surface area contributed by atoms with Gasteiger partial charge in [0, 0.05) is 24.1 Å². The van der Waals surface area contributed by atoms with Gasteiger partial charge in [-0.05, 0) is 54.7 Å². The molecule has 7 heteroatoms. The number of nitrogens with zero attached hydrogens (tertiary/aromatic N) is 3. The fourth-order valence-electron chi connectivity index (χ4n) is 4.41. The highest BCUT2D eigenvalue weighted by Gasteiger charge is 2.47. The van der Waals surface area contributed by atoms with E-state index in [1.165, 1.54) is 0 Å². The molecule has 0 radical (unpaired) electrons. The molecule has 1 aromatic heterocycles. The van der Waals surface area contributed by atoms with Crippen LogP contribution in [-0.2, 0) is 4.79 Å². The van der Waals surface area contributed by atoms with Gasteiger partial charge in [0.25, 0.3) is 5.89 Å². The second-order valence-corrected chi connectivity index (χ2v) is 7.49. The third-order valence-electron chi connectivity index (χ3n) is 5.75. The molecule has 0 bridgehead atoms. The van der Waals surface area contributed by atoms with E-state index in [1.54, 1.807) is 12.0 Å². The summed E-state index contributed by atoms with van der Waals surface area (Å²) in [6.07, 6.45) is 5.09. The van der Waals surface area contributed by atoms with Gasteiger partial charge in [0.15, 0.2) is 0 Å². The molecule has 30 heavy (non-hydrogen) atoms. The molecule has 0 spiro atoms. The number of aliphatic hydroxyl groups excluding tert-OH is 1. The molecule has 1 saturated carbocycles. The number of β-amino-alcohol motifs (C(OH)–C–C–N with tert-alkyl or cyclic N) is 1. The highest BCUT2D eigenvalue weighted by atomic mass is 16.5. The normalized spacial score (nSPS) is 22.8. The Morgan fingerprint density at radius 1 is 1.37 bits per heavy atom. The number of carbonyl (C=O) groups is 1. The molecule has 2 atom stereocenters. The van der Waals surface area contributed by atoms with Crippen molar-refractivity contribution in [2.75, 3.05) is 20.3 Å². The quantitative estimate of drug-likeness (QED) is 0.791. The lowest BCUT2D eigenvalue weighted by Gasteiger charge is -2.24. The predicted molar refractivity (Wildman–Crippen MR) is 112 cm³/mol. The molecule has 1 aliphatic heterocycles. The molecule has 1 N–H and O–H groups in total. The van der Waals surface area contributed by atoms with E-state index < -0.39 is 0 Å². The zero-order valence-electron chi connectivity index (χ0n) is 17.2. The van der Waals surface area contributed by atoms with Crippen LogP contribution in [-0.4, -0.2) is 52.4 Å². The number of aliphatic hydroxyl groups is 1. The third kappa shape index (κ3) is 3.45.